The average Bonchev–Trinajstić information content (AvgIpc) is 2.32. The highest BCUT2D eigenvalue weighted by Gasteiger charge is 2.22. The van der Waals surface area contributed by atoms with Crippen LogP contribution in [0.25, 0.3) is 0 Å². The Bertz CT molecular complexity index is 520. The van der Waals surface area contributed by atoms with E-state index in [1.54, 1.807) is 18.2 Å². The molecule has 0 aliphatic heterocycles. The van der Waals surface area contributed by atoms with Gasteiger partial charge in [0.2, 0.25) is 10.0 Å². The number of hydrogen-bond acceptors (Lipinski definition) is 4. The minimum atomic E-state index is -3.57. The molecule has 3 N–H and O–H groups in total. The minimum absolute atomic E-state index is 0. The molecule has 0 fully saturated rings. The van der Waals surface area contributed by atoms with Crippen molar-refractivity contribution < 1.29 is 13.5 Å². The maximum absolute atomic E-state index is 12.2. The first-order chi connectivity index (χ1) is 8.28. The van der Waals surface area contributed by atoms with Gasteiger partial charge in [-0.1, -0.05) is 6.07 Å². The van der Waals surface area contributed by atoms with Crippen molar-refractivity contribution in [3.8, 4) is 0 Å². The lowest BCUT2D eigenvalue weighted by Crippen LogP contribution is -2.37. The van der Waals surface area contributed by atoms with Crippen LogP contribution in [-0.2, 0) is 10.0 Å². The smallest absolute Gasteiger partial charge is 0.242 e. The number of aliphatic hydroxyl groups is 1. The Labute approximate surface area is 120 Å². The summed E-state index contributed by atoms with van der Waals surface area (Å²) in [6.45, 7) is 3.81. The highest BCUT2D eigenvalue weighted by atomic mass is 35.5. The molecule has 0 bridgehead atoms. The molecule has 0 aromatic heterocycles. The molecular formula is C12H21ClN2O3S. The van der Waals surface area contributed by atoms with Gasteiger partial charge in [-0.25, -0.2) is 8.42 Å². The van der Waals surface area contributed by atoms with Gasteiger partial charge in [-0.15, -0.1) is 12.4 Å². The molecule has 5 nitrogen and oxygen atoms in total. The lowest BCUT2D eigenvalue weighted by Gasteiger charge is -2.20. The van der Waals surface area contributed by atoms with Gasteiger partial charge < -0.3 is 10.8 Å². The van der Waals surface area contributed by atoms with Crippen LogP contribution in [0.3, 0.4) is 0 Å². The topological polar surface area (TPSA) is 83.6 Å². The standard InChI is InChI=1S/C12H20N2O3S.ClH/c1-9-4-5-12(6-10(9)2)18(16,17)14(3)8-11(15)7-13;/h4-6,11,15H,7-8,13H2,1-3H3;1H. The number of hydrogen-bond donors (Lipinski definition) is 2. The van der Waals surface area contributed by atoms with Gasteiger partial charge in [-0.3, -0.25) is 0 Å². The van der Waals surface area contributed by atoms with Gasteiger partial charge in [0, 0.05) is 20.1 Å². The third-order valence-corrected chi connectivity index (χ3v) is 4.75. The summed E-state index contributed by atoms with van der Waals surface area (Å²) < 4.78 is 25.6. The summed E-state index contributed by atoms with van der Waals surface area (Å²) in [6, 6.07) is 4.98. The Morgan fingerprint density at radius 2 is 1.89 bits per heavy atom. The fourth-order valence-electron chi connectivity index (χ4n) is 1.52. The summed E-state index contributed by atoms with van der Waals surface area (Å²) >= 11 is 0. The van der Waals surface area contributed by atoms with Crippen molar-refractivity contribution in [1.82, 2.24) is 4.31 Å². The van der Waals surface area contributed by atoms with Crippen molar-refractivity contribution >= 4 is 22.4 Å². The number of benzene rings is 1. The van der Waals surface area contributed by atoms with Crippen LogP contribution in [-0.4, -0.2) is 44.1 Å². The highest BCUT2D eigenvalue weighted by molar-refractivity contribution is 7.89. The first-order valence-electron chi connectivity index (χ1n) is 5.70. The van der Waals surface area contributed by atoms with E-state index in [1.165, 1.54) is 7.05 Å². The molecule has 0 radical (unpaired) electrons. The van der Waals surface area contributed by atoms with Crippen LogP contribution >= 0.6 is 12.4 Å². The highest BCUT2D eigenvalue weighted by Crippen LogP contribution is 2.18. The largest absolute Gasteiger partial charge is 0.390 e. The van der Waals surface area contributed by atoms with Gasteiger partial charge in [-0.2, -0.15) is 4.31 Å². The molecule has 1 unspecified atom stereocenters. The molecule has 110 valence electrons. The molecule has 19 heavy (non-hydrogen) atoms. The second-order valence-electron chi connectivity index (χ2n) is 4.42. The Hall–Kier alpha value is -0.660. The lowest BCUT2D eigenvalue weighted by atomic mass is 10.1. The van der Waals surface area contributed by atoms with Crippen molar-refractivity contribution in [2.24, 2.45) is 5.73 Å². The monoisotopic (exact) mass is 308 g/mol. The van der Waals surface area contributed by atoms with E-state index in [1.807, 2.05) is 13.8 Å². The number of nitrogens with zero attached hydrogens (tertiary/aromatic N) is 1. The fraction of sp³-hybridized carbons (Fsp3) is 0.500. The van der Waals surface area contributed by atoms with Crippen LogP contribution < -0.4 is 5.73 Å². The SMILES string of the molecule is Cc1ccc(S(=O)(=O)N(C)CC(O)CN)cc1C.Cl. The van der Waals surface area contributed by atoms with Gasteiger partial charge in [-0.05, 0) is 37.1 Å². The van der Waals surface area contributed by atoms with E-state index in [0.29, 0.717) is 0 Å². The zero-order valence-electron chi connectivity index (χ0n) is 11.3. The van der Waals surface area contributed by atoms with Crippen LogP contribution in [0.1, 0.15) is 11.1 Å². The normalized spacial score (nSPS) is 13.2. The van der Waals surface area contributed by atoms with E-state index in [-0.39, 0.29) is 30.4 Å². The number of sulfonamides is 1. The molecule has 7 heteroatoms. The lowest BCUT2D eigenvalue weighted by molar-refractivity contribution is 0.160. The first kappa shape index (κ1) is 18.3. The van der Waals surface area contributed by atoms with Crippen molar-refractivity contribution in [2.75, 3.05) is 20.1 Å². The van der Waals surface area contributed by atoms with E-state index in [4.69, 9.17) is 5.73 Å². The fourth-order valence-corrected chi connectivity index (χ4v) is 2.82. The van der Waals surface area contributed by atoms with Gasteiger partial charge in [0.15, 0.2) is 0 Å². The zero-order valence-corrected chi connectivity index (χ0v) is 13.0. The molecule has 0 saturated carbocycles. The van der Waals surface area contributed by atoms with Crippen molar-refractivity contribution in [1.29, 1.82) is 0 Å². The second-order valence-corrected chi connectivity index (χ2v) is 6.47. The van der Waals surface area contributed by atoms with Crippen LogP contribution in [0.4, 0.5) is 0 Å². The summed E-state index contributed by atoms with van der Waals surface area (Å²) in [6.07, 6.45) is -0.851. The Morgan fingerprint density at radius 1 is 1.32 bits per heavy atom. The van der Waals surface area contributed by atoms with Crippen molar-refractivity contribution in [3.05, 3.63) is 29.3 Å². The maximum atomic E-state index is 12.2. The number of aliphatic hydroxyl groups excluding tert-OH is 1. The van der Waals surface area contributed by atoms with E-state index < -0.39 is 16.1 Å². The Kier molecular flexibility index (Phi) is 6.96. The molecule has 1 atom stereocenters. The molecule has 1 aromatic rings. The number of likely N-dealkylation sites (N-methyl/N-ethyl adjacent to an activating group) is 1. The predicted molar refractivity (Wildman–Crippen MR) is 78.0 cm³/mol. The molecule has 0 saturated heterocycles. The van der Waals surface area contributed by atoms with E-state index in [0.717, 1.165) is 15.4 Å². The molecule has 0 amide bonds. The zero-order chi connectivity index (χ0) is 13.9. The van der Waals surface area contributed by atoms with E-state index in [9.17, 15) is 13.5 Å². The quantitative estimate of drug-likeness (QED) is 0.837. The number of nitrogens with two attached hydrogens (primary N) is 1. The van der Waals surface area contributed by atoms with E-state index in [2.05, 4.69) is 0 Å². The predicted octanol–water partition coefficient (Wildman–Crippen LogP) is 0.665. The number of aryl methyl sites for hydroxylation is 2. The molecular weight excluding hydrogens is 288 g/mol. The van der Waals surface area contributed by atoms with Crippen LogP contribution in [0.2, 0.25) is 0 Å². The summed E-state index contributed by atoms with van der Waals surface area (Å²) in [5.74, 6) is 0. The molecule has 1 aromatic carbocycles. The third kappa shape index (κ3) is 4.43. The van der Waals surface area contributed by atoms with Gasteiger partial charge in [0.05, 0.1) is 11.0 Å². The molecule has 0 aliphatic carbocycles. The molecule has 0 spiro atoms. The first-order valence-corrected chi connectivity index (χ1v) is 7.14. The molecule has 0 aliphatic rings. The number of halogens is 1. The molecule has 1 rings (SSSR count). The Morgan fingerprint density at radius 3 is 2.37 bits per heavy atom. The van der Waals surface area contributed by atoms with Crippen molar-refractivity contribution in [2.45, 2.75) is 24.8 Å². The van der Waals surface area contributed by atoms with Crippen LogP contribution in [0.15, 0.2) is 23.1 Å². The third-order valence-electron chi connectivity index (χ3n) is 2.93. The van der Waals surface area contributed by atoms with Gasteiger partial charge in [0.1, 0.15) is 0 Å². The summed E-state index contributed by atoms with van der Waals surface area (Å²) in [5.41, 5.74) is 7.24. The number of rotatable bonds is 5. The summed E-state index contributed by atoms with van der Waals surface area (Å²) in [4.78, 5) is 0.234. The average molecular weight is 309 g/mol. The van der Waals surface area contributed by atoms with Gasteiger partial charge in [0.25, 0.3) is 0 Å². The van der Waals surface area contributed by atoms with Gasteiger partial charge >= 0.3 is 0 Å². The van der Waals surface area contributed by atoms with Crippen LogP contribution in [0, 0.1) is 13.8 Å². The molecule has 0 heterocycles. The Balaban J connectivity index is 0.00000324. The minimum Gasteiger partial charge on any atom is -0.390 e. The van der Waals surface area contributed by atoms with E-state index >= 15 is 0 Å². The maximum Gasteiger partial charge on any atom is 0.242 e. The summed E-state index contributed by atoms with van der Waals surface area (Å²) in [7, 11) is -2.13. The van der Waals surface area contributed by atoms with Crippen molar-refractivity contribution in [3.63, 3.8) is 0 Å². The van der Waals surface area contributed by atoms with Crippen LogP contribution in [0.5, 0.6) is 0 Å². The summed E-state index contributed by atoms with van der Waals surface area (Å²) in [5, 5.41) is 9.41. The second kappa shape index (κ2) is 7.21.